The summed E-state index contributed by atoms with van der Waals surface area (Å²) in [6.45, 7) is 7.78. The largest absolute Gasteiger partial charge is 0.493 e. The van der Waals surface area contributed by atoms with Gasteiger partial charge in [0.25, 0.3) is 11.8 Å². The van der Waals surface area contributed by atoms with Gasteiger partial charge in [0.15, 0.2) is 11.5 Å². The van der Waals surface area contributed by atoms with Crippen LogP contribution in [0.5, 0.6) is 11.5 Å². The van der Waals surface area contributed by atoms with Gasteiger partial charge in [-0.05, 0) is 57.0 Å². The number of hydrazone groups is 1. The normalized spacial score (nSPS) is 19.9. The SMILES string of the molecule is COc1ccc(C2=NN(C3CCN(C(=O)c4ccnc(N5CCOCC5)c4)CC3)C(=O)C2(C)C)cc1OC. The minimum atomic E-state index is -0.778. The Morgan fingerprint density at radius 2 is 1.71 bits per heavy atom. The van der Waals surface area contributed by atoms with E-state index in [2.05, 4.69) is 9.88 Å². The van der Waals surface area contributed by atoms with Crippen molar-refractivity contribution in [3.63, 3.8) is 0 Å². The van der Waals surface area contributed by atoms with E-state index in [9.17, 15) is 9.59 Å². The molecule has 3 aliphatic rings. The third-order valence-corrected chi connectivity index (χ3v) is 7.62. The third kappa shape index (κ3) is 4.80. The number of hydrogen-bond donors (Lipinski definition) is 0. The molecule has 4 heterocycles. The maximum Gasteiger partial charge on any atom is 0.254 e. The van der Waals surface area contributed by atoms with Crippen molar-refractivity contribution < 1.29 is 23.8 Å². The lowest BCUT2D eigenvalue weighted by atomic mass is 9.83. The van der Waals surface area contributed by atoms with Crippen LogP contribution in [-0.4, -0.2) is 92.1 Å². The zero-order valence-electron chi connectivity index (χ0n) is 22.5. The Balaban J connectivity index is 1.28. The number of carbonyl (C=O) groups is 2. The Bertz CT molecular complexity index is 1230. The Morgan fingerprint density at radius 3 is 2.39 bits per heavy atom. The first-order valence-electron chi connectivity index (χ1n) is 13.1. The highest BCUT2D eigenvalue weighted by atomic mass is 16.5. The summed E-state index contributed by atoms with van der Waals surface area (Å²) in [4.78, 5) is 35.2. The quantitative estimate of drug-likeness (QED) is 0.577. The van der Waals surface area contributed by atoms with E-state index in [-0.39, 0.29) is 17.9 Å². The highest BCUT2D eigenvalue weighted by Crippen LogP contribution is 2.37. The molecule has 2 amide bonds. The predicted molar refractivity (Wildman–Crippen MR) is 143 cm³/mol. The molecule has 1 aromatic carbocycles. The average Bonchev–Trinajstić information content (AvgIpc) is 3.21. The minimum absolute atomic E-state index is 0.0112. The Labute approximate surface area is 223 Å². The number of rotatable bonds is 6. The molecule has 10 nitrogen and oxygen atoms in total. The number of pyridine rings is 1. The molecule has 0 atom stereocenters. The molecule has 202 valence electrons. The second-order valence-corrected chi connectivity index (χ2v) is 10.3. The lowest BCUT2D eigenvalue weighted by molar-refractivity contribution is -0.137. The lowest BCUT2D eigenvalue weighted by Gasteiger charge is -2.35. The van der Waals surface area contributed by atoms with Gasteiger partial charge in [-0.3, -0.25) is 9.59 Å². The second kappa shape index (κ2) is 10.6. The van der Waals surface area contributed by atoms with E-state index in [4.69, 9.17) is 19.3 Å². The van der Waals surface area contributed by atoms with Crippen molar-refractivity contribution >= 4 is 23.3 Å². The number of amides is 2. The number of piperidine rings is 1. The van der Waals surface area contributed by atoms with E-state index in [0.717, 1.165) is 24.5 Å². The molecule has 1 aromatic heterocycles. The van der Waals surface area contributed by atoms with E-state index in [1.807, 2.05) is 43.0 Å². The van der Waals surface area contributed by atoms with Crippen LogP contribution in [0.1, 0.15) is 42.6 Å². The summed E-state index contributed by atoms with van der Waals surface area (Å²) in [6.07, 6.45) is 3.02. The van der Waals surface area contributed by atoms with E-state index in [0.29, 0.717) is 61.9 Å². The maximum atomic E-state index is 13.5. The third-order valence-electron chi connectivity index (χ3n) is 7.62. The van der Waals surface area contributed by atoms with Crippen molar-refractivity contribution in [2.45, 2.75) is 32.7 Å². The summed E-state index contributed by atoms with van der Waals surface area (Å²) in [5.41, 5.74) is 1.38. The molecule has 2 aromatic rings. The Hall–Kier alpha value is -3.66. The number of carbonyl (C=O) groups excluding carboxylic acids is 2. The number of methoxy groups -OCH3 is 2. The molecule has 3 aliphatic heterocycles. The molecule has 38 heavy (non-hydrogen) atoms. The van der Waals surface area contributed by atoms with Gasteiger partial charge in [-0.25, -0.2) is 9.99 Å². The van der Waals surface area contributed by atoms with Gasteiger partial charge < -0.3 is 24.0 Å². The summed E-state index contributed by atoms with van der Waals surface area (Å²) in [5, 5.41) is 6.45. The van der Waals surface area contributed by atoms with Gasteiger partial charge in [-0.15, -0.1) is 0 Å². The van der Waals surface area contributed by atoms with Crippen molar-refractivity contribution in [3.8, 4) is 11.5 Å². The summed E-state index contributed by atoms with van der Waals surface area (Å²) in [6, 6.07) is 9.16. The summed E-state index contributed by atoms with van der Waals surface area (Å²) < 4.78 is 16.2. The minimum Gasteiger partial charge on any atom is -0.493 e. The molecular formula is C28H35N5O5. The van der Waals surface area contributed by atoms with Crippen LogP contribution in [0.15, 0.2) is 41.6 Å². The number of likely N-dealkylation sites (tertiary alicyclic amines) is 1. The monoisotopic (exact) mass is 521 g/mol. The van der Waals surface area contributed by atoms with E-state index in [1.54, 1.807) is 31.5 Å². The molecule has 2 fully saturated rings. The fourth-order valence-corrected chi connectivity index (χ4v) is 5.33. The molecular weight excluding hydrogens is 486 g/mol. The smallest absolute Gasteiger partial charge is 0.254 e. The molecule has 5 rings (SSSR count). The number of anilines is 1. The van der Waals surface area contributed by atoms with Gasteiger partial charge in [0.05, 0.1) is 44.6 Å². The molecule has 0 unspecified atom stereocenters. The van der Waals surface area contributed by atoms with Gasteiger partial charge >= 0.3 is 0 Å². The maximum absolute atomic E-state index is 13.5. The first kappa shape index (κ1) is 26.0. The zero-order valence-corrected chi connectivity index (χ0v) is 22.5. The van der Waals surface area contributed by atoms with Gasteiger partial charge in [0.1, 0.15) is 5.82 Å². The Morgan fingerprint density at radius 1 is 1.00 bits per heavy atom. The molecule has 0 saturated carbocycles. The van der Waals surface area contributed by atoms with Crippen LogP contribution < -0.4 is 14.4 Å². The summed E-state index contributed by atoms with van der Waals surface area (Å²) >= 11 is 0. The van der Waals surface area contributed by atoms with Crippen LogP contribution >= 0.6 is 0 Å². The number of aromatic nitrogens is 1. The average molecular weight is 522 g/mol. The molecule has 0 bridgehead atoms. The van der Waals surface area contributed by atoms with Crippen molar-refractivity contribution in [1.82, 2.24) is 14.9 Å². The summed E-state index contributed by atoms with van der Waals surface area (Å²) in [7, 11) is 3.18. The standard InChI is InChI=1S/C28H35N5O5/c1-28(2)25(19-5-6-22(36-3)23(17-19)37-4)30-33(27(28)35)21-8-11-32(12-9-21)26(34)20-7-10-29-24(18-20)31-13-15-38-16-14-31/h5-7,10,17-18,21H,8-9,11-16H2,1-4H3. The van der Waals surface area contributed by atoms with Crippen molar-refractivity contribution in [2.24, 2.45) is 10.5 Å². The lowest BCUT2D eigenvalue weighted by Crippen LogP contribution is -2.47. The van der Waals surface area contributed by atoms with Gasteiger partial charge in [-0.2, -0.15) is 5.10 Å². The molecule has 0 aliphatic carbocycles. The number of hydrogen-bond acceptors (Lipinski definition) is 8. The van der Waals surface area contributed by atoms with Gasteiger partial charge in [0.2, 0.25) is 0 Å². The second-order valence-electron chi connectivity index (χ2n) is 10.3. The highest BCUT2D eigenvalue weighted by Gasteiger charge is 2.47. The summed E-state index contributed by atoms with van der Waals surface area (Å²) in [5.74, 6) is 1.98. The fraction of sp³-hybridized carbons (Fsp3) is 0.500. The molecule has 2 saturated heterocycles. The van der Waals surface area contributed by atoms with Crippen molar-refractivity contribution in [2.75, 3.05) is 58.5 Å². The van der Waals surface area contributed by atoms with Crippen LogP contribution in [0.2, 0.25) is 0 Å². The molecule has 0 N–H and O–H groups in total. The van der Waals surface area contributed by atoms with Crippen molar-refractivity contribution in [1.29, 1.82) is 0 Å². The van der Waals surface area contributed by atoms with E-state index < -0.39 is 5.41 Å². The Kier molecular flexibility index (Phi) is 7.25. The highest BCUT2D eigenvalue weighted by molar-refractivity contribution is 6.19. The van der Waals surface area contributed by atoms with Crippen molar-refractivity contribution in [3.05, 3.63) is 47.7 Å². The zero-order chi connectivity index (χ0) is 26.9. The van der Waals surface area contributed by atoms with Crippen LogP contribution in [0.4, 0.5) is 5.82 Å². The number of morpholine rings is 1. The fourth-order valence-electron chi connectivity index (χ4n) is 5.33. The van der Waals surface area contributed by atoms with E-state index in [1.165, 1.54) is 0 Å². The predicted octanol–water partition coefficient (Wildman–Crippen LogP) is 2.81. The van der Waals surface area contributed by atoms with Crippen LogP contribution in [0, 0.1) is 5.41 Å². The van der Waals surface area contributed by atoms with Crippen LogP contribution in [0.25, 0.3) is 0 Å². The molecule has 10 heteroatoms. The van der Waals surface area contributed by atoms with Crippen LogP contribution in [0.3, 0.4) is 0 Å². The van der Waals surface area contributed by atoms with Gasteiger partial charge in [0, 0.05) is 43.5 Å². The molecule has 0 radical (unpaired) electrons. The van der Waals surface area contributed by atoms with Gasteiger partial charge in [-0.1, -0.05) is 0 Å². The van der Waals surface area contributed by atoms with E-state index >= 15 is 0 Å². The topological polar surface area (TPSA) is 96.8 Å². The first-order valence-corrected chi connectivity index (χ1v) is 13.1. The molecule has 0 spiro atoms. The number of nitrogens with zero attached hydrogens (tertiary/aromatic N) is 5. The first-order chi connectivity index (χ1) is 18.3. The number of benzene rings is 1. The number of ether oxygens (including phenoxy) is 3. The van der Waals surface area contributed by atoms with Crippen LogP contribution in [-0.2, 0) is 9.53 Å².